The van der Waals surface area contributed by atoms with Crippen LogP contribution in [-0.2, 0) is 33.9 Å². The maximum atomic E-state index is 13.8. The van der Waals surface area contributed by atoms with Crippen LogP contribution in [0.1, 0.15) is 101 Å². The summed E-state index contributed by atoms with van der Waals surface area (Å²) in [5.41, 5.74) is -1.54. The van der Waals surface area contributed by atoms with Gasteiger partial charge < -0.3 is 28.6 Å². The second kappa shape index (κ2) is 17.0. The molecule has 5 aliphatic rings. The molecule has 0 aliphatic heterocycles. The van der Waals surface area contributed by atoms with Gasteiger partial charge in [-0.3, -0.25) is 4.79 Å². The first-order valence-corrected chi connectivity index (χ1v) is 23.4. The van der Waals surface area contributed by atoms with E-state index < -0.39 is 72.4 Å². The van der Waals surface area contributed by atoms with Gasteiger partial charge in [-0.05, 0) is 131 Å². The lowest BCUT2D eigenvalue weighted by Crippen LogP contribution is -2.57. The third-order valence-corrected chi connectivity index (χ3v) is 16.4. The minimum Gasteiger partial charge on any atom is -0.743 e. The summed E-state index contributed by atoms with van der Waals surface area (Å²) in [5.74, 6) is -6.43. The first kappa shape index (κ1) is 45.7. The number of methoxy groups -OCH3 is 1. The third kappa shape index (κ3) is 8.78. The number of rotatable bonds is 13. The molecule has 0 spiro atoms. The maximum absolute atomic E-state index is 13.8. The van der Waals surface area contributed by atoms with Crippen molar-refractivity contribution in [1.29, 1.82) is 0 Å². The zero-order valence-corrected chi connectivity index (χ0v) is 36.3. The average Bonchev–Trinajstić information content (AvgIpc) is 3.81. The predicted molar refractivity (Wildman–Crippen MR) is 222 cm³/mol. The number of aliphatic hydroxyl groups is 1. The van der Waals surface area contributed by atoms with Crippen LogP contribution >= 0.6 is 10.5 Å². The molecule has 1 aromatic heterocycles. The number of carbonyl (C=O) groups excluding carboxylic acids is 3. The van der Waals surface area contributed by atoms with Crippen LogP contribution in [0, 0.1) is 17.3 Å². The van der Waals surface area contributed by atoms with Gasteiger partial charge in [-0.25, -0.2) is 18.0 Å². The van der Waals surface area contributed by atoms with E-state index in [1.165, 1.54) is 20.2 Å². The van der Waals surface area contributed by atoms with Gasteiger partial charge in [0.25, 0.3) is 0 Å². The Kier molecular flexibility index (Phi) is 12.5. The van der Waals surface area contributed by atoms with Gasteiger partial charge in [-0.1, -0.05) is 31.2 Å². The van der Waals surface area contributed by atoms with Crippen molar-refractivity contribution < 1.29 is 69.0 Å². The number of hydrogen-bond acceptors (Lipinski definition) is 11. The Hall–Kier alpha value is -4.32. The zero-order valence-electron chi connectivity index (χ0n) is 34.6. The summed E-state index contributed by atoms with van der Waals surface area (Å²) in [7, 11) is -5.44. The van der Waals surface area contributed by atoms with Crippen LogP contribution in [0.4, 0.5) is 17.6 Å². The summed E-state index contributed by atoms with van der Waals surface area (Å²) in [6.45, 7) is 2.06. The van der Waals surface area contributed by atoms with E-state index in [9.17, 15) is 50.0 Å². The second-order valence-electron chi connectivity index (χ2n) is 17.5. The van der Waals surface area contributed by atoms with Crippen molar-refractivity contribution in [3.05, 3.63) is 72.3 Å². The SMILES string of the molecule is CC(OC(=O)CC12CC3CC(CC(O)(C3)C1)C2)C(F)(F)C(F)(F)S(=O)(=O)[O-].CCC1(OC(=O)COC(=O)c2ccc(OC)c(-[s+]3c4ccccc4c4ccccc43)c2)CCCC1. The largest absolute Gasteiger partial charge is 0.743 e. The molecule has 5 aliphatic carbocycles. The van der Waals surface area contributed by atoms with Crippen molar-refractivity contribution in [2.24, 2.45) is 17.3 Å². The molecule has 3 atom stereocenters. The van der Waals surface area contributed by atoms with Crippen LogP contribution in [0.15, 0.2) is 66.7 Å². The molecule has 336 valence electrons. The average molecular weight is 907 g/mol. The standard InChI is InChI=1S/C29H29O5S.C16H22F4O6S/c1-3-29(16-8-9-17-29)34-27(30)19-33-28(31)20-14-15-23(32-2)26(18-20)35-24-12-6-4-10-21(24)22-11-5-7-13-25(22)35;1-9(15(17,18)16(19,20)27(23,24)25)26-12(21)7-13-3-10-2-11(4-13)6-14(22,5-10)8-13/h4-7,10-15,18H,3,8-9,16-17,19H2,1-2H3;9-11,22H,2-8H2,1H3,(H,23,24,25)/q+1;/p-1. The van der Waals surface area contributed by atoms with Crippen molar-refractivity contribution in [3.8, 4) is 10.6 Å². The lowest BCUT2D eigenvalue weighted by molar-refractivity contribution is -0.226. The molecule has 4 bridgehead atoms. The number of esters is 3. The van der Waals surface area contributed by atoms with Crippen LogP contribution in [0.5, 0.6) is 5.75 Å². The fourth-order valence-corrected chi connectivity index (χ4v) is 13.7. The van der Waals surface area contributed by atoms with Crippen LogP contribution in [0.2, 0.25) is 0 Å². The van der Waals surface area contributed by atoms with E-state index in [4.69, 9.17) is 14.2 Å². The maximum Gasteiger partial charge on any atom is 0.400 e. The Bertz CT molecular complexity index is 2390. The lowest BCUT2D eigenvalue weighted by Gasteiger charge is -2.60. The van der Waals surface area contributed by atoms with Crippen molar-refractivity contribution in [1.82, 2.24) is 0 Å². The number of hydrogen-bond donors (Lipinski definition) is 1. The van der Waals surface area contributed by atoms with Gasteiger partial charge >= 0.3 is 29.1 Å². The molecule has 0 amide bonds. The highest BCUT2D eigenvalue weighted by Gasteiger charge is 2.66. The third-order valence-electron chi connectivity index (χ3n) is 13.1. The van der Waals surface area contributed by atoms with E-state index in [0.717, 1.165) is 43.4 Å². The van der Waals surface area contributed by atoms with Crippen molar-refractivity contribution in [2.75, 3.05) is 13.7 Å². The molecule has 0 radical (unpaired) electrons. The van der Waals surface area contributed by atoms with E-state index >= 15 is 0 Å². The summed E-state index contributed by atoms with van der Waals surface area (Å²) in [6.07, 6.45) is 5.26. The molecule has 1 heterocycles. The molecule has 9 rings (SSSR count). The smallest absolute Gasteiger partial charge is 0.400 e. The number of benzene rings is 3. The Morgan fingerprint density at radius 2 is 1.48 bits per heavy atom. The van der Waals surface area contributed by atoms with Gasteiger partial charge in [-0.2, -0.15) is 17.6 Å². The molecule has 11 nitrogen and oxygen atoms in total. The Balaban J connectivity index is 0.000000193. The zero-order chi connectivity index (χ0) is 44.9. The number of carbonyl (C=O) groups is 3. The molecule has 3 aromatic carbocycles. The fourth-order valence-electron chi connectivity index (χ4n) is 10.7. The quantitative estimate of drug-likeness (QED) is 0.0447. The first-order valence-electron chi connectivity index (χ1n) is 20.8. The Labute approximate surface area is 359 Å². The Morgan fingerprint density at radius 1 is 0.903 bits per heavy atom. The highest BCUT2D eigenvalue weighted by molar-refractivity contribution is 7.86. The van der Waals surface area contributed by atoms with E-state index in [2.05, 4.69) is 29.0 Å². The van der Waals surface area contributed by atoms with E-state index in [-0.39, 0.29) is 24.9 Å². The van der Waals surface area contributed by atoms with Crippen molar-refractivity contribution >= 4 is 58.7 Å². The van der Waals surface area contributed by atoms with E-state index in [0.29, 0.717) is 50.3 Å². The summed E-state index contributed by atoms with van der Waals surface area (Å²) >= 11 is 0. The highest BCUT2D eigenvalue weighted by Crippen LogP contribution is 2.63. The molecule has 5 fully saturated rings. The van der Waals surface area contributed by atoms with Crippen molar-refractivity contribution in [3.63, 3.8) is 0 Å². The lowest BCUT2D eigenvalue weighted by atomic mass is 9.47. The summed E-state index contributed by atoms with van der Waals surface area (Å²) in [5, 5.41) is 7.10. The number of thiophene rings is 1. The molecule has 4 aromatic rings. The van der Waals surface area contributed by atoms with Crippen LogP contribution in [-0.4, -0.2) is 78.2 Å². The molecule has 5 saturated carbocycles. The second-order valence-corrected chi connectivity index (χ2v) is 20.9. The van der Waals surface area contributed by atoms with Gasteiger partial charge in [-0.15, -0.1) is 0 Å². The molecule has 3 unspecified atom stereocenters. The number of fused-ring (bicyclic) bond motifs is 3. The first-order chi connectivity index (χ1) is 29.1. The molecule has 1 N–H and O–H groups in total. The topological polar surface area (TPSA) is 166 Å². The molecule has 17 heteroatoms. The molecule has 0 saturated heterocycles. The molecule has 62 heavy (non-hydrogen) atoms. The van der Waals surface area contributed by atoms with Crippen LogP contribution in [0.3, 0.4) is 0 Å². The molecular formula is C45H50F4O11S2. The minimum absolute atomic E-state index is 0.220. The van der Waals surface area contributed by atoms with E-state index in [1.807, 2.05) is 37.3 Å². The fraction of sp³-hybridized carbons (Fsp3) is 0.533. The number of ether oxygens (including phenoxy) is 4. The number of halogens is 4. The highest BCUT2D eigenvalue weighted by atomic mass is 32.2. The van der Waals surface area contributed by atoms with Gasteiger partial charge in [0.15, 0.2) is 38.0 Å². The molecular weight excluding hydrogens is 857 g/mol. The number of alkyl halides is 4. The van der Waals surface area contributed by atoms with Gasteiger partial charge in [0.05, 0.1) is 24.7 Å². The van der Waals surface area contributed by atoms with Crippen molar-refractivity contribution in [2.45, 2.75) is 119 Å². The van der Waals surface area contributed by atoms with Gasteiger partial charge in [0, 0.05) is 27.3 Å². The summed E-state index contributed by atoms with van der Waals surface area (Å²) in [6, 6.07) is 22.0. The van der Waals surface area contributed by atoms with Crippen LogP contribution < -0.4 is 4.74 Å². The van der Waals surface area contributed by atoms with Gasteiger partial charge in [0.1, 0.15) is 5.60 Å². The summed E-state index contributed by atoms with van der Waals surface area (Å²) in [4.78, 5) is 38.4. The van der Waals surface area contributed by atoms with Crippen LogP contribution in [0.25, 0.3) is 25.1 Å². The predicted octanol–water partition coefficient (Wildman–Crippen LogP) is 9.58. The minimum atomic E-state index is -6.65. The Morgan fingerprint density at radius 3 is 2.02 bits per heavy atom. The normalized spacial score (nSPS) is 24.6. The summed E-state index contributed by atoms with van der Waals surface area (Å²) < 4.78 is 109. The monoisotopic (exact) mass is 906 g/mol. The van der Waals surface area contributed by atoms with Gasteiger partial charge in [0.2, 0.25) is 4.90 Å². The van der Waals surface area contributed by atoms with E-state index in [1.54, 1.807) is 19.2 Å².